The van der Waals surface area contributed by atoms with Gasteiger partial charge in [0, 0.05) is 12.0 Å². The first-order valence-electron chi connectivity index (χ1n) is 5.83. The summed E-state index contributed by atoms with van der Waals surface area (Å²) in [5.74, 6) is -1.60. The van der Waals surface area contributed by atoms with Gasteiger partial charge in [-0.15, -0.1) is 0 Å². The molecule has 106 valence electrons. The van der Waals surface area contributed by atoms with Gasteiger partial charge in [0.05, 0.1) is 15.8 Å². The number of nitrogens with one attached hydrogen (secondary N) is 1. The Morgan fingerprint density at radius 1 is 1.35 bits per heavy atom. The van der Waals surface area contributed by atoms with Crippen molar-refractivity contribution in [1.82, 2.24) is 4.98 Å². The minimum Gasteiger partial charge on any atom is -0.302 e. The van der Waals surface area contributed by atoms with Crippen molar-refractivity contribution in [1.29, 1.82) is 0 Å². The van der Waals surface area contributed by atoms with E-state index in [-0.39, 0.29) is 27.2 Å². The highest BCUT2D eigenvalue weighted by Gasteiger charge is 2.35. The van der Waals surface area contributed by atoms with E-state index in [1.165, 1.54) is 0 Å². The largest absolute Gasteiger partial charge is 0.419 e. The van der Waals surface area contributed by atoms with E-state index in [1.54, 1.807) is 0 Å². The number of fused-ring (bicyclic) bond motifs is 1. The molecule has 1 aromatic heterocycles. The van der Waals surface area contributed by atoms with Gasteiger partial charge >= 0.3 is 6.18 Å². The number of alkyl halides is 3. The zero-order valence-electron chi connectivity index (χ0n) is 9.92. The lowest BCUT2D eigenvalue weighted by molar-refractivity contribution is -0.139. The molecule has 1 aromatic carbocycles. The number of rotatable bonds is 2. The van der Waals surface area contributed by atoms with Crippen molar-refractivity contribution in [2.75, 3.05) is 5.32 Å². The van der Waals surface area contributed by atoms with Crippen molar-refractivity contribution < 1.29 is 22.4 Å². The van der Waals surface area contributed by atoms with Gasteiger partial charge in [0.25, 0.3) is 0 Å². The Morgan fingerprint density at radius 2 is 2.05 bits per heavy atom. The van der Waals surface area contributed by atoms with Gasteiger partial charge in [-0.2, -0.15) is 13.2 Å². The highest BCUT2D eigenvalue weighted by molar-refractivity contribution is 7.22. The van der Waals surface area contributed by atoms with E-state index in [4.69, 9.17) is 0 Å². The second-order valence-electron chi connectivity index (χ2n) is 4.58. The number of carbonyl (C=O) groups is 1. The van der Waals surface area contributed by atoms with Gasteiger partial charge in [0.1, 0.15) is 5.82 Å². The fraction of sp³-hybridized carbons (Fsp3) is 0.333. The molecule has 1 aliphatic carbocycles. The quantitative estimate of drug-likeness (QED) is 0.857. The minimum absolute atomic E-state index is 0.0375. The maximum Gasteiger partial charge on any atom is 0.419 e. The third kappa shape index (κ3) is 2.47. The average Bonchev–Trinajstić information content (AvgIpc) is 3.09. The lowest BCUT2D eigenvalue weighted by atomic mass is 10.2. The average molecular weight is 304 g/mol. The number of aromatic nitrogens is 1. The van der Waals surface area contributed by atoms with Crippen LogP contribution in [0.15, 0.2) is 12.1 Å². The summed E-state index contributed by atoms with van der Waals surface area (Å²) in [6, 6.07) is 1.45. The molecule has 3 rings (SSSR count). The summed E-state index contributed by atoms with van der Waals surface area (Å²) in [6.07, 6.45) is -3.13. The maximum absolute atomic E-state index is 13.4. The van der Waals surface area contributed by atoms with Gasteiger partial charge in [-0.05, 0) is 18.9 Å². The van der Waals surface area contributed by atoms with E-state index in [9.17, 15) is 22.4 Å². The van der Waals surface area contributed by atoms with Crippen LogP contribution in [0.2, 0.25) is 0 Å². The van der Waals surface area contributed by atoms with E-state index in [0.717, 1.165) is 36.3 Å². The number of thiazole rings is 1. The fourth-order valence-corrected chi connectivity index (χ4v) is 2.66. The number of hydrogen-bond acceptors (Lipinski definition) is 3. The zero-order chi connectivity index (χ0) is 14.5. The maximum atomic E-state index is 13.4. The molecule has 0 radical (unpaired) electrons. The number of hydrogen-bond donors (Lipinski definition) is 1. The second kappa shape index (κ2) is 4.41. The predicted octanol–water partition coefficient (Wildman–Crippen LogP) is 3.80. The molecule has 1 fully saturated rings. The number of anilines is 1. The summed E-state index contributed by atoms with van der Waals surface area (Å²) < 4.78 is 51.3. The molecule has 0 aliphatic heterocycles. The predicted molar refractivity (Wildman–Crippen MR) is 65.9 cm³/mol. The number of nitrogens with zero attached hydrogens (tertiary/aromatic N) is 1. The van der Waals surface area contributed by atoms with Crippen LogP contribution in [0.25, 0.3) is 10.2 Å². The Hall–Kier alpha value is -1.70. The molecule has 8 heteroatoms. The normalized spacial score (nSPS) is 15.6. The monoisotopic (exact) mass is 304 g/mol. The van der Waals surface area contributed by atoms with Crippen molar-refractivity contribution in [2.45, 2.75) is 19.0 Å². The standard InChI is InChI=1S/C12H8F4N2OS/c13-7-4-8-9(3-6(7)12(14,15)16)20-11(17-8)18-10(19)5-1-2-5/h3-5H,1-2H2,(H,17,18,19). The molecule has 1 aliphatic rings. The first-order valence-corrected chi connectivity index (χ1v) is 6.64. The zero-order valence-corrected chi connectivity index (χ0v) is 10.7. The molecule has 1 amide bonds. The summed E-state index contributed by atoms with van der Waals surface area (Å²) in [5.41, 5.74) is -1.22. The number of carbonyl (C=O) groups excluding carboxylic acids is 1. The first-order chi connectivity index (χ1) is 9.34. The third-order valence-electron chi connectivity index (χ3n) is 2.96. The fourth-order valence-electron chi connectivity index (χ4n) is 1.77. The van der Waals surface area contributed by atoms with Crippen LogP contribution in [0, 0.1) is 11.7 Å². The molecule has 0 bridgehead atoms. The lowest BCUT2D eigenvalue weighted by Crippen LogP contribution is -2.12. The van der Waals surface area contributed by atoms with Gasteiger partial charge in [-0.1, -0.05) is 11.3 Å². The van der Waals surface area contributed by atoms with Crippen LogP contribution in [0.4, 0.5) is 22.7 Å². The highest BCUT2D eigenvalue weighted by atomic mass is 32.1. The van der Waals surface area contributed by atoms with Crippen molar-refractivity contribution in [2.24, 2.45) is 5.92 Å². The SMILES string of the molecule is O=C(Nc1nc2cc(F)c(C(F)(F)F)cc2s1)C1CC1. The van der Waals surface area contributed by atoms with Gasteiger partial charge in [0.2, 0.25) is 5.91 Å². The summed E-state index contributed by atoms with van der Waals surface area (Å²) >= 11 is 0.900. The van der Waals surface area contributed by atoms with E-state index >= 15 is 0 Å². The molecule has 0 unspecified atom stereocenters. The summed E-state index contributed by atoms with van der Waals surface area (Å²) in [7, 11) is 0. The smallest absolute Gasteiger partial charge is 0.302 e. The van der Waals surface area contributed by atoms with Crippen LogP contribution >= 0.6 is 11.3 Å². The van der Waals surface area contributed by atoms with E-state index in [0.29, 0.717) is 0 Å². The summed E-state index contributed by atoms with van der Waals surface area (Å²) in [4.78, 5) is 15.5. The molecule has 1 saturated carbocycles. The van der Waals surface area contributed by atoms with Crippen LogP contribution in [0.3, 0.4) is 0 Å². The van der Waals surface area contributed by atoms with Crippen molar-refractivity contribution in [3.8, 4) is 0 Å². The minimum atomic E-state index is -4.75. The molecule has 1 N–H and O–H groups in total. The molecule has 1 heterocycles. The Labute approximate surface area is 114 Å². The third-order valence-corrected chi connectivity index (χ3v) is 3.89. The Morgan fingerprint density at radius 3 is 2.65 bits per heavy atom. The molecule has 0 saturated heterocycles. The molecule has 20 heavy (non-hydrogen) atoms. The van der Waals surface area contributed by atoms with Gasteiger partial charge < -0.3 is 5.32 Å². The van der Waals surface area contributed by atoms with Crippen LogP contribution in [-0.4, -0.2) is 10.9 Å². The topological polar surface area (TPSA) is 42.0 Å². The molecule has 0 atom stereocenters. The molecule has 3 nitrogen and oxygen atoms in total. The number of amides is 1. The van der Waals surface area contributed by atoms with Gasteiger partial charge in [-0.25, -0.2) is 9.37 Å². The van der Waals surface area contributed by atoms with Crippen molar-refractivity contribution in [3.63, 3.8) is 0 Å². The van der Waals surface area contributed by atoms with E-state index < -0.39 is 17.6 Å². The van der Waals surface area contributed by atoms with E-state index in [2.05, 4.69) is 10.3 Å². The van der Waals surface area contributed by atoms with Gasteiger partial charge in [0.15, 0.2) is 5.13 Å². The Bertz CT molecular complexity index is 691. The first kappa shape index (κ1) is 13.3. The summed E-state index contributed by atoms with van der Waals surface area (Å²) in [6.45, 7) is 0. The Kier molecular flexibility index (Phi) is 2.93. The van der Waals surface area contributed by atoms with Gasteiger partial charge in [-0.3, -0.25) is 4.79 Å². The van der Waals surface area contributed by atoms with E-state index in [1.807, 2.05) is 0 Å². The van der Waals surface area contributed by atoms with Crippen LogP contribution in [-0.2, 0) is 11.0 Å². The van der Waals surface area contributed by atoms with Crippen LogP contribution in [0.1, 0.15) is 18.4 Å². The summed E-state index contributed by atoms with van der Waals surface area (Å²) in [5, 5.41) is 2.73. The molecule has 2 aromatic rings. The lowest BCUT2D eigenvalue weighted by Gasteiger charge is -2.06. The molecular weight excluding hydrogens is 296 g/mol. The molecule has 0 spiro atoms. The van der Waals surface area contributed by atoms with Crippen molar-refractivity contribution in [3.05, 3.63) is 23.5 Å². The Balaban J connectivity index is 1.96. The number of halogens is 4. The van der Waals surface area contributed by atoms with Crippen molar-refractivity contribution >= 4 is 32.6 Å². The molecular formula is C12H8F4N2OS. The second-order valence-corrected chi connectivity index (χ2v) is 5.61. The number of benzene rings is 1. The van der Waals surface area contributed by atoms with Crippen LogP contribution < -0.4 is 5.32 Å². The highest BCUT2D eigenvalue weighted by Crippen LogP contribution is 2.37. The van der Waals surface area contributed by atoms with Crippen LogP contribution in [0.5, 0.6) is 0 Å².